The smallest absolute Gasteiger partial charge is 0.323 e. The van der Waals surface area contributed by atoms with Crippen LogP contribution in [0.25, 0.3) is 0 Å². The standard InChI is InChI=1S/C9H13N3O3S/c1-2-12(5-3-7(13)14)9(15)11-8-10-4-6-16-8/h4,6H,2-3,5H2,1H3,(H,13,14)(H,10,11,15). The number of carbonyl (C=O) groups is 2. The van der Waals surface area contributed by atoms with Crippen LogP contribution in [0.1, 0.15) is 13.3 Å². The molecule has 0 saturated heterocycles. The van der Waals surface area contributed by atoms with Gasteiger partial charge in [0.2, 0.25) is 0 Å². The molecule has 0 aromatic carbocycles. The average molecular weight is 243 g/mol. The van der Waals surface area contributed by atoms with E-state index in [2.05, 4.69) is 10.3 Å². The van der Waals surface area contributed by atoms with E-state index in [1.165, 1.54) is 16.2 Å². The molecule has 1 aromatic heterocycles. The summed E-state index contributed by atoms with van der Waals surface area (Å²) in [7, 11) is 0. The predicted octanol–water partition coefficient (Wildman–Crippen LogP) is 1.47. The Morgan fingerprint density at radius 1 is 1.62 bits per heavy atom. The Hall–Kier alpha value is -1.63. The maximum atomic E-state index is 11.6. The Morgan fingerprint density at radius 3 is 2.88 bits per heavy atom. The highest BCUT2D eigenvalue weighted by atomic mass is 32.1. The highest BCUT2D eigenvalue weighted by Crippen LogP contribution is 2.11. The van der Waals surface area contributed by atoms with Crippen LogP contribution in [0.3, 0.4) is 0 Å². The highest BCUT2D eigenvalue weighted by molar-refractivity contribution is 7.13. The van der Waals surface area contributed by atoms with Gasteiger partial charge >= 0.3 is 12.0 Å². The minimum atomic E-state index is -0.916. The fourth-order valence-electron chi connectivity index (χ4n) is 1.09. The number of anilines is 1. The minimum Gasteiger partial charge on any atom is -0.481 e. The van der Waals surface area contributed by atoms with Crippen LogP contribution >= 0.6 is 11.3 Å². The van der Waals surface area contributed by atoms with E-state index in [4.69, 9.17) is 5.11 Å². The Morgan fingerprint density at radius 2 is 2.38 bits per heavy atom. The second-order valence-corrected chi connectivity index (χ2v) is 3.89. The summed E-state index contributed by atoms with van der Waals surface area (Å²) in [6.45, 7) is 2.46. The molecular formula is C9H13N3O3S. The van der Waals surface area contributed by atoms with Gasteiger partial charge in [0, 0.05) is 24.7 Å². The van der Waals surface area contributed by atoms with Gasteiger partial charge in [-0.3, -0.25) is 10.1 Å². The molecule has 0 bridgehead atoms. The lowest BCUT2D eigenvalue weighted by Crippen LogP contribution is -2.36. The molecule has 0 atom stereocenters. The quantitative estimate of drug-likeness (QED) is 0.820. The first-order valence-corrected chi connectivity index (χ1v) is 5.68. The fraction of sp³-hybridized carbons (Fsp3) is 0.444. The number of carbonyl (C=O) groups excluding carboxylic acids is 1. The van der Waals surface area contributed by atoms with E-state index in [1.807, 2.05) is 0 Å². The molecular weight excluding hydrogens is 230 g/mol. The van der Waals surface area contributed by atoms with Crippen molar-refractivity contribution in [3.63, 3.8) is 0 Å². The highest BCUT2D eigenvalue weighted by Gasteiger charge is 2.13. The Bertz CT molecular complexity index is 353. The van der Waals surface area contributed by atoms with Gasteiger partial charge in [-0.25, -0.2) is 9.78 Å². The van der Waals surface area contributed by atoms with Crippen molar-refractivity contribution in [3.8, 4) is 0 Å². The fourth-order valence-corrected chi connectivity index (χ4v) is 1.61. The van der Waals surface area contributed by atoms with Crippen LogP contribution in [0.2, 0.25) is 0 Å². The SMILES string of the molecule is CCN(CCC(=O)O)C(=O)Nc1nccs1. The molecule has 7 heteroatoms. The molecule has 2 N–H and O–H groups in total. The van der Waals surface area contributed by atoms with Crippen molar-refractivity contribution >= 4 is 28.5 Å². The second kappa shape index (κ2) is 6.06. The van der Waals surface area contributed by atoms with Crippen LogP contribution < -0.4 is 5.32 Å². The molecule has 2 amide bonds. The van der Waals surface area contributed by atoms with Gasteiger partial charge < -0.3 is 10.0 Å². The zero-order valence-corrected chi connectivity index (χ0v) is 9.66. The number of amides is 2. The molecule has 0 unspecified atom stereocenters. The molecule has 16 heavy (non-hydrogen) atoms. The van der Waals surface area contributed by atoms with Gasteiger partial charge in [-0.2, -0.15) is 0 Å². The Labute approximate surface area is 96.9 Å². The minimum absolute atomic E-state index is 0.0564. The zero-order chi connectivity index (χ0) is 12.0. The molecule has 0 saturated carbocycles. The van der Waals surface area contributed by atoms with Crippen molar-refractivity contribution in [2.75, 3.05) is 18.4 Å². The summed E-state index contributed by atoms with van der Waals surface area (Å²) in [5, 5.41) is 13.4. The molecule has 0 spiro atoms. The summed E-state index contributed by atoms with van der Waals surface area (Å²) in [4.78, 5) is 27.4. The lowest BCUT2D eigenvalue weighted by atomic mass is 10.4. The van der Waals surface area contributed by atoms with E-state index < -0.39 is 5.97 Å². The molecule has 1 aromatic rings. The van der Waals surface area contributed by atoms with Crippen LogP contribution in [0.15, 0.2) is 11.6 Å². The summed E-state index contributed by atoms with van der Waals surface area (Å²) < 4.78 is 0. The predicted molar refractivity (Wildman–Crippen MR) is 60.6 cm³/mol. The third kappa shape index (κ3) is 3.85. The van der Waals surface area contributed by atoms with Crippen molar-refractivity contribution in [3.05, 3.63) is 11.6 Å². The van der Waals surface area contributed by atoms with Crippen molar-refractivity contribution < 1.29 is 14.7 Å². The first-order valence-electron chi connectivity index (χ1n) is 4.80. The molecule has 1 heterocycles. The van der Waals surface area contributed by atoms with E-state index in [1.54, 1.807) is 18.5 Å². The van der Waals surface area contributed by atoms with Crippen LogP contribution in [0, 0.1) is 0 Å². The molecule has 6 nitrogen and oxygen atoms in total. The monoisotopic (exact) mass is 243 g/mol. The third-order valence-corrected chi connectivity index (χ3v) is 2.60. The van der Waals surface area contributed by atoms with Gasteiger partial charge in [0.25, 0.3) is 0 Å². The van der Waals surface area contributed by atoms with E-state index >= 15 is 0 Å². The number of thiazole rings is 1. The maximum absolute atomic E-state index is 11.6. The van der Waals surface area contributed by atoms with Gasteiger partial charge in [0.1, 0.15) is 0 Å². The van der Waals surface area contributed by atoms with Crippen LogP contribution in [0.4, 0.5) is 9.93 Å². The Balaban J connectivity index is 2.46. The van der Waals surface area contributed by atoms with Crippen molar-refractivity contribution in [2.24, 2.45) is 0 Å². The van der Waals surface area contributed by atoms with Crippen LogP contribution in [0.5, 0.6) is 0 Å². The summed E-state index contributed by atoms with van der Waals surface area (Å²) in [5.74, 6) is -0.916. The number of carboxylic acids is 1. The third-order valence-electron chi connectivity index (χ3n) is 1.91. The maximum Gasteiger partial charge on any atom is 0.323 e. The normalized spacial score (nSPS) is 9.81. The first kappa shape index (κ1) is 12.4. The molecule has 0 aliphatic rings. The molecule has 0 radical (unpaired) electrons. The lowest BCUT2D eigenvalue weighted by Gasteiger charge is -2.19. The van der Waals surface area contributed by atoms with Gasteiger partial charge in [-0.15, -0.1) is 11.3 Å². The number of aromatic nitrogens is 1. The summed E-state index contributed by atoms with van der Waals surface area (Å²) in [6, 6.07) is -0.321. The van der Waals surface area contributed by atoms with Crippen molar-refractivity contribution in [1.82, 2.24) is 9.88 Å². The van der Waals surface area contributed by atoms with E-state index in [9.17, 15) is 9.59 Å². The van der Waals surface area contributed by atoms with Crippen molar-refractivity contribution in [1.29, 1.82) is 0 Å². The number of nitrogens with one attached hydrogen (secondary N) is 1. The summed E-state index contributed by atoms with van der Waals surface area (Å²) in [5.41, 5.74) is 0. The van der Waals surface area contributed by atoms with Gasteiger partial charge in [0.05, 0.1) is 6.42 Å². The lowest BCUT2D eigenvalue weighted by molar-refractivity contribution is -0.137. The number of urea groups is 1. The van der Waals surface area contributed by atoms with E-state index in [-0.39, 0.29) is 19.0 Å². The van der Waals surface area contributed by atoms with E-state index in [0.29, 0.717) is 11.7 Å². The van der Waals surface area contributed by atoms with Gasteiger partial charge in [-0.05, 0) is 6.92 Å². The first-order chi connectivity index (χ1) is 7.63. The average Bonchev–Trinajstić information content (AvgIpc) is 2.71. The van der Waals surface area contributed by atoms with E-state index in [0.717, 1.165) is 0 Å². The Kier molecular flexibility index (Phi) is 4.71. The largest absolute Gasteiger partial charge is 0.481 e. The number of nitrogens with zero attached hydrogens (tertiary/aromatic N) is 2. The van der Waals surface area contributed by atoms with Crippen LogP contribution in [-0.2, 0) is 4.79 Å². The molecule has 0 aliphatic carbocycles. The second-order valence-electron chi connectivity index (χ2n) is 2.99. The molecule has 88 valence electrons. The number of carboxylic acid groups (broad SMARTS) is 1. The number of hydrogen-bond donors (Lipinski definition) is 2. The van der Waals surface area contributed by atoms with Crippen LogP contribution in [-0.4, -0.2) is 40.1 Å². The van der Waals surface area contributed by atoms with Gasteiger partial charge in [0.15, 0.2) is 5.13 Å². The number of aliphatic carboxylic acids is 1. The van der Waals surface area contributed by atoms with Crippen molar-refractivity contribution in [2.45, 2.75) is 13.3 Å². The summed E-state index contributed by atoms with van der Waals surface area (Å²) in [6.07, 6.45) is 1.53. The topological polar surface area (TPSA) is 82.5 Å². The van der Waals surface area contributed by atoms with Gasteiger partial charge in [-0.1, -0.05) is 0 Å². The summed E-state index contributed by atoms with van der Waals surface area (Å²) >= 11 is 1.32. The number of rotatable bonds is 5. The number of hydrogen-bond acceptors (Lipinski definition) is 4. The molecule has 0 fully saturated rings. The molecule has 0 aliphatic heterocycles. The molecule has 1 rings (SSSR count). The zero-order valence-electron chi connectivity index (χ0n) is 8.84.